The van der Waals surface area contributed by atoms with Gasteiger partial charge in [-0.1, -0.05) is 23.1 Å². The molecule has 1 N–H and O–H groups in total. The van der Waals surface area contributed by atoms with Crippen LogP contribution in [-0.4, -0.2) is 63.4 Å². The number of hydrogen-bond donors (Lipinski definition) is 1. The van der Waals surface area contributed by atoms with Crippen molar-refractivity contribution < 1.29 is 19.1 Å². The first kappa shape index (κ1) is 25.5. The molecule has 0 aliphatic rings. The van der Waals surface area contributed by atoms with Crippen LogP contribution in [0.2, 0.25) is 0 Å². The number of aryl methyl sites for hydroxylation is 1. The largest absolute Gasteiger partial charge is 0.497 e. The van der Waals surface area contributed by atoms with E-state index in [1.807, 2.05) is 42.7 Å². The minimum atomic E-state index is -0.338. The molecule has 0 fully saturated rings. The fraction of sp³-hybridized carbons (Fsp3) is 0.409. The molecular weight excluding hydrogens is 476 g/mol. The maximum Gasteiger partial charge on any atom is 0.265 e. The van der Waals surface area contributed by atoms with Crippen molar-refractivity contribution in [3.05, 3.63) is 40.7 Å². The van der Waals surface area contributed by atoms with Gasteiger partial charge in [-0.15, -0.1) is 10.2 Å². The van der Waals surface area contributed by atoms with E-state index in [4.69, 9.17) is 9.47 Å². The highest BCUT2D eigenvalue weighted by atomic mass is 32.2. The zero-order valence-corrected chi connectivity index (χ0v) is 21.6. The fourth-order valence-electron chi connectivity index (χ4n) is 3.05. The van der Waals surface area contributed by atoms with Crippen molar-refractivity contribution >= 4 is 40.0 Å². The number of carbonyl (C=O) groups is 2. The van der Waals surface area contributed by atoms with Gasteiger partial charge in [0.15, 0.2) is 22.2 Å². The van der Waals surface area contributed by atoms with Crippen LogP contribution in [0.3, 0.4) is 0 Å². The van der Waals surface area contributed by atoms with Crippen LogP contribution in [0.4, 0.5) is 5.13 Å². The molecule has 3 rings (SSSR count). The number of nitrogens with one attached hydrogen (secondary N) is 1. The summed E-state index contributed by atoms with van der Waals surface area (Å²) in [5, 5.41) is 12.3. The van der Waals surface area contributed by atoms with E-state index in [9.17, 15) is 9.59 Å². The van der Waals surface area contributed by atoms with Crippen LogP contribution in [0.5, 0.6) is 11.5 Å². The quantitative estimate of drug-likeness (QED) is 0.417. The van der Waals surface area contributed by atoms with E-state index < -0.39 is 0 Å². The second-order valence-corrected chi connectivity index (χ2v) is 9.43. The zero-order chi connectivity index (χ0) is 24.8. The fourth-order valence-corrected chi connectivity index (χ4v) is 4.87. The predicted molar refractivity (Wildman–Crippen MR) is 132 cm³/mol. The molecule has 2 amide bonds. The average molecular weight is 505 g/mol. The van der Waals surface area contributed by atoms with Crippen LogP contribution in [-0.2, 0) is 11.3 Å². The third-order valence-corrected chi connectivity index (χ3v) is 6.80. The lowest BCUT2D eigenvalue weighted by atomic mass is 10.3. The van der Waals surface area contributed by atoms with Crippen LogP contribution < -0.4 is 14.8 Å². The van der Waals surface area contributed by atoms with Crippen molar-refractivity contribution in [2.24, 2.45) is 0 Å². The molecule has 2 aromatic heterocycles. The molecule has 0 bridgehead atoms. The predicted octanol–water partition coefficient (Wildman–Crippen LogP) is 3.64. The minimum Gasteiger partial charge on any atom is -0.497 e. The molecule has 0 spiro atoms. The van der Waals surface area contributed by atoms with Crippen molar-refractivity contribution in [3.8, 4) is 11.5 Å². The number of thiazole rings is 1. The number of nitrogens with zero attached hydrogens (tertiary/aromatic N) is 5. The Morgan fingerprint density at radius 3 is 2.50 bits per heavy atom. The smallest absolute Gasteiger partial charge is 0.265 e. The number of anilines is 1. The molecule has 1 aromatic carbocycles. The van der Waals surface area contributed by atoms with Crippen molar-refractivity contribution in [1.29, 1.82) is 0 Å². The molecule has 0 saturated carbocycles. The number of aromatic nitrogens is 4. The Labute approximate surface area is 206 Å². The summed E-state index contributed by atoms with van der Waals surface area (Å²) in [6.07, 6.45) is -0.338. The lowest BCUT2D eigenvalue weighted by Gasteiger charge is -2.15. The lowest BCUT2D eigenvalue weighted by molar-refractivity contribution is -0.113. The SMILES string of the molecule is CCn1c(SCC(=O)Nc2nc(C)c(C(=O)N(C)C)s2)nnc1C(C)Oc1ccc(OC)cc1. The molecular formula is C22H28N6O4S2. The molecule has 0 radical (unpaired) electrons. The normalized spacial score (nSPS) is 11.7. The van der Waals surface area contributed by atoms with Gasteiger partial charge in [0, 0.05) is 20.6 Å². The van der Waals surface area contributed by atoms with Crippen molar-refractivity contribution in [2.75, 3.05) is 32.3 Å². The van der Waals surface area contributed by atoms with Crippen LogP contribution >= 0.6 is 23.1 Å². The summed E-state index contributed by atoms with van der Waals surface area (Å²) >= 11 is 2.44. The number of thioether (sulfide) groups is 1. The van der Waals surface area contributed by atoms with Gasteiger partial charge in [0.05, 0.1) is 18.6 Å². The van der Waals surface area contributed by atoms with E-state index in [1.165, 1.54) is 16.7 Å². The highest BCUT2D eigenvalue weighted by molar-refractivity contribution is 7.99. The Morgan fingerprint density at radius 2 is 1.88 bits per heavy atom. The van der Waals surface area contributed by atoms with Crippen molar-refractivity contribution in [1.82, 2.24) is 24.6 Å². The van der Waals surface area contributed by atoms with Gasteiger partial charge in [-0.3, -0.25) is 9.59 Å². The third kappa shape index (κ3) is 6.06. The molecule has 3 aromatic rings. The van der Waals surface area contributed by atoms with E-state index in [0.717, 1.165) is 17.1 Å². The Kier molecular flexibility index (Phi) is 8.51. The summed E-state index contributed by atoms with van der Waals surface area (Å²) in [6, 6.07) is 7.32. The van der Waals surface area contributed by atoms with E-state index in [-0.39, 0.29) is 23.7 Å². The van der Waals surface area contributed by atoms with E-state index in [2.05, 4.69) is 20.5 Å². The summed E-state index contributed by atoms with van der Waals surface area (Å²) in [5.74, 6) is 1.86. The summed E-state index contributed by atoms with van der Waals surface area (Å²) in [6.45, 7) is 6.26. The van der Waals surface area contributed by atoms with Crippen LogP contribution in [0.1, 0.15) is 41.1 Å². The number of benzene rings is 1. The second-order valence-electron chi connectivity index (χ2n) is 7.49. The van der Waals surface area contributed by atoms with Gasteiger partial charge in [-0.05, 0) is 45.0 Å². The maximum absolute atomic E-state index is 12.5. The zero-order valence-electron chi connectivity index (χ0n) is 20.0. The number of methoxy groups -OCH3 is 1. The van der Waals surface area contributed by atoms with Crippen LogP contribution in [0.15, 0.2) is 29.4 Å². The number of hydrogen-bond acceptors (Lipinski definition) is 9. The van der Waals surface area contributed by atoms with Gasteiger partial charge < -0.3 is 24.3 Å². The van der Waals surface area contributed by atoms with Crippen LogP contribution in [0, 0.1) is 6.92 Å². The number of carbonyl (C=O) groups excluding carboxylic acids is 2. The highest BCUT2D eigenvalue weighted by Gasteiger charge is 2.21. The molecule has 12 heteroatoms. The first-order valence-electron chi connectivity index (χ1n) is 10.6. The van der Waals surface area contributed by atoms with E-state index in [0.29, 0.717) is 39.0 Å². The minimum absolute atomic E-state index is 0.126. The molecule has 0 aliphatic carbocycles. The molecule has 0 aliphatic heterocycles. The molecule has 1 atom stereocenters. The Hall–Kier alpha value is -3.12. The van der Waals surface area contributed by atoms with Gasteiger partial charge in [-0.2, -0.15) is 0 Å². The Balaban J connectivity index is 1.61. The molecule has 34 heavy (non-hydrogen) atoms. The van der Waals surface area contributed by atoms with Gasteiger partial charge in [0.1, 0.15) is 16.4 Å². The average Bonchev–Trinajstić information content (AvgIpc) is 3.40. The number of ether oxygens (including phenoxy) is 2. The second kappa shape index (κ2) is 11.3. The molecule has 10 nitrogen and oxygen atoms in total. The molecule has 1 unspecified atom stereocenters. The monoisotopic (exact) mass is 504 g/mol. The first-order chi connectivity index (χ1) is 16.2. The lowest BCUT2D eigenvalue weighted by Crippen LogP contribution is -2.21. The number of amides is 2. The first-order valence-corrected chi connectivity index (χ1v) is 12.4. The van der Waals surface area contributed by atoms with Crippen LogP contribution in [0.25, 0.3) is 0 Å². The summed E-state index contributed by atoms with van der Waals surface area (Å²) in [5.41, 5.74) is 0.591. The van der Waals surface area contributed by atoms with Crippen molar-refractivity contribution in [2.45, 2.75) is 38.6 Å². The highest BCUT2D eigenvalue weighted by Crippen LogP contribution is 2.27. The van der Waals surface area contributed by atoms with E-state index in [1.54, 1.807) is 28.1 Å². The topological polar surface area (TPSA) is 111 Å². The van der Waals surface area contributed by atoms with Gasteiger partial charge in [0.25, 0.3) is 5.91 Å². The van der Waals surface area contributed by atoms with Gasteiger partial charge in [0.2, 0.25) is 5.91 Å². The van der Waals surface area contributed by atoms with E-state index >= 15 is 0 Å². The van der Waals surface area contributed by atoms with Gasteiger partial charge in [-0.25, -0.2) is 4.98 Å². The Bertz CT molecular complexity index is 1140. The Morgan fingerprint density at radius 1 is 1.21 bits per heavy atom. The summed E-state index contributed by atoms with van der Waals surface area (Å²) in [7, 11) is 4.97. The van der Waals surface area contributed by atoms with Gasteiger partial charge >= 0.3 is 0 Å². The number of rotatable bonds is 10. The third-order valence-electron chi connectivity index (χ3n) is 4.77. The van der Waals surface area contributed by atoms with Crippen molar-refractivity contribution in [3.63, 3.8) is 0 Å². The molecule has 182 valence electrons. The summed E-state index contributed by atoms with van der Waals surface area (Å²) in [4.78, 5) is 31.0. The standard InChI is InChI=1S/C22H28N6O4S2/c1-7-28-19(14(3)32-16-10-8-15(31-6)9-11-16)25-26-22(28)33-12-17(29)24-21-23-13(2)18(34-21)20(30)27(4)5/h8-11,14H,7,12H2,1-6H3,(H,23,24,29). The summed E-state index contributed by atoms with van der Waals surface area (Å²) < 4.78 is 13.1. The molecule has 2 heterocycles. The molecule has 0 saturated heterocycles. The maximum atomic E-state index is 12.5.